The first-order valence-electron chi connectivity index (χ1n) is 7.07. The topological polar surface area (TPSA) is 27.1 Å². The molecule has 1 aromatic carbocycles. The fraction of sp³-hybridized carbons (Fsp3) is 0.235. The van der Waals surface area contributed by atoms with E-state index < -0.39 is 0 Å². The van der Waals surface area contributed by atoms with Crippen molar-refractivity contribution in [1.29, 1.82) is 0 Å². The summed E-state index contributed by atoms with van der Waals surface area (Å²) in [6.07, 6.45) is 5.90. The van der Waals surface area contributed by atoms with Crippen LogP contribution < -0.4 is 4.74 Å². The zero-order valence-electron chi connectivity index (χ0n) is 11.9. The molecule has 4 heteroatoms. The Labute approximate surface area is 123 Å². The van der Waals surface area contributed by atoms with E-state index in [-0.39, 0.29) is 5.82 Å². The van der Waals surface area contributed by atoms with Gasteiger partial charge < -0.3 is 9.30 Å². The minimum Gasteiger partial charge on any atom is -0.494 e. The number of halogens is 1. The normalized spacial score (nSPS) is 11.0. The number of benzene rings is 1. The molecule has 0 radical (unpaired) electrons. The molecule has 0 saturated heterocycles. The molecule has 0 aliphatic rings. The van der Waals surface area contributed by atoms with Gasteiger partial charge >= 0.3 is 0 Å². The number of ether oxygens (including phenoxy) is 1. The molecule has 0 spiro atoms. The highest BCUT2D eigenvalue weighted by Gasteiger charge is 2.04. The number of rotatable bonds is 5. The molecule has 3 aromatic rings. The third kappa shape index (κ3) is 3.05. The molecule has 3 rings (SSSR count). The van der Waals surface area contributed by atoms with E-state index in [2.05, 4.69) is 16.5 Å². The zero-order valence-corrected chi connectivity index (χ0v) is 11.9. The van der Waals surface area contributed by atoms with Crippen molar-refractivity contribution in [3.63, 3.8) is 0 Å². The van der Waals surface area contributed by atoms with Crippen LogP contribution in [0.25, 0.3) is 10.9 Å². The lowest BCUT2D eigenvalue weighted by Crippen LogP contribution is -1.99. The first-order chi connectivity index (χ1) is 10.3. The molecule has 0 amide bonds. The Balaban J connectivity index is 1.86. The van der Waals surface area contributed by atoms with Gasteiger partial charge in [0.15, 0.2) is 0 Å². The largest absolute Gasteiger partial charge is 0.494 e. The Hall–Kier alpha value is -2.36. The van der Waals surface area contributed by atoms with Crippen LogP contribution in [0.2, 0.25) is 0 Å². The van der Waals surface area contributed by atoms with Gasteiger partial charge in [-0.3, -0.25) is 4.98 Å². The third-order valence-electron chi connectivity index (χ3n) is 3.33. The van der Waals surface area contributed by atoms with Gasteiger partial charge in [-0.05, 0) is 42.3 Å². The summed E-state index contributed by atoms with van der Waals surface area (Å²) in [5.41, 5.74) is 1.95. The number of aromatic nitrogens is 2. The van der Waals surface area contributed by atoms with Crippen molar-refractivity contribution in [1.82, 2.24) is 9.55 Å². The number of nitrogens with zero attached hydrogens (tertiary/aromatic N) is 2. The Morgan fingerprint density at radius 1 is 1.19 bits per heavy atom. The van der Waals surface area contributed by atoms with Gasteiger partial charge in [-0.15, -0.1) is 0 Å². The second-order valence-electron chi connectivity index (χ2n) is 5.02. The second-order valence-corrected chi connectivity index (χ2v) is 5.02. The average molecular weight is 284 g/mol. The summed E-state index contributed by atoms with van der Waals surface area (Å²) < 4.78 is 20.9. The van der Waals surface area contributed by atoms with E-state index in [9.17, 15) is 4.39 Å². The minimum atomic E-state index is -0.306. The molecule has 21 heavy (non-hydrogen) atoms. The van der Waals surface area contributed by atoms with E-state index in [0.717, 1.165) is 35.2 Å². The number of fused-ring (bicyclic) bond motifs is 1. The smallest absolute Gasteiger partial charge is 0.141 e. The summed E-state index contributed by atoms with van der Waals surface area (Å²) >= 11 is 0. The van der Waals surface area contributed by atoms with Crippen LogP contribution in [-0.2, 0) is 6.54 Å². The first kappa shape index (κ1) is 13.6. The molecule has 0 bridgehead atoms. The van der Waals surface area contributed by atoms with Crippen LogP contribution in [0, 0.1) is 5.82 Å². The van der Waals surface area contributed by atoms with Crippen LogP contribution in [0.4, 0.5) is 4.39 Å². The van der Waals surface area contributed by atoms with Gasteiger partial charge in [0.2, 0.25) is 0 Å². The van der Waals surface area contributed by atoms with Gasteiger partial charge in [0.05, 0.1) is 12.8 Å². The highest BCUT2D eigenvalue weighted by Crippen LogP contribution is 2.23. The van der Waals surface area contributed by atoms with Crippen molar-refractivity contribution in [2.45, 2.75) is 19.9 Å². The lowest BCUT2D eigenvalue weighted by Gasteiger charge is -2.07. The van der Waals surface area contributed by atoms with Crippen molar-refractivity contribution in [2.75, 3.05) is 6.61 Å². The molecule has 2 aromatic heterocycles. The average Bonchev–Trinajstić information content (AvgIpc) is 2.87. The predicted octanol–water partition coefficient (Wildman–Crippen LogP) is 4.01. The van der Waals surface area contributed by atoms with Crippen LogP contribution in [0.3, 0.4) is 0 Å². The van der Waals surface area contributed by atoms with Crippen molar-refractivity contribution < 1.29 is 9.13 Å². The Morgan fingerprint density at radius 2 is 2.10 bits per heavy atom. The summed E-state index contributed by atoms with van der Waals surface area (Å²) in [6, 6.07) is 9.59. The van der Waals surface area contributed by atoms with Gasteiger partial charge in [-0.1, -0.05) is 6.92 Å². The van der Waals surface area contributed by atoms with Crippen LogP contribution >= 0.6 is 0 Å². The summed E-state index contributed by atoms with van der Waals surface area (Å²) in [4.78, 5) is 3.88. The summed E-state index contributed by atoms with van der Waals surface area (Å²) in [7, 11) is 0. The van der Waals surface area contributed by atoms with Crippen LogP contribution in [-0.4, -0.2) is 16.2 Å². The van der Waals surface area contributed by atoms with E-state index in [4.69, 9.17) is 4.74 Å². The highest BCUT2D eigenvalue weighted by atomic mass is 19.1. The summed E-state index contributed by atoms with van der Waals surface area (Å²) in [5.74, 6) is 0.578. The minimum absolute atomic E-state index is 0.306. The molecular formula is C17H17FN2O. The number of hydrogen-bond acceptors (Lipinski definition) is 2. The van der Waals surface area contributed by atoms with Crippen LogP contribution in [0.15, 0.2) is 48.9 Å². The van der Waals surface area contributed by atoms with E-state index in [1.165, 1.54) is 12.3 Å². The lowest BCUT2D eigenvalue weighted by atomic mass is 10.2. The molecular weight excluding hydrogens is 267 g/mol. The van der Waals surface area contributed by atoms with Crippen molar-refractivity contribution in [3.8, 4) is 5.75 Å². The molecule has 0 fully saturated rings. The molecule has 0 N–H and O–H groups in total. The van der Waals surface area contributed by atoms with Crippen LogP contribution in [0.5, 0.6) is 5.75 Å². The van der Waals surface area contributed by atoms with E-state index >= 15 is 0 Å². The van der Waals surface area contributed by atoms with Gasteiger partial charge in [-0.2, -0.15) is 0 Å². The van der Waals surface area contributed by atoms with Crippen molar-refractivity contribution >= 4 is 10.9 Å². The molecule has 0 saturated carbocycles. The quantitative estimate of drug-likeness (QED) is 0.707. The molecule has 3 nitrogen and oxygen atoms in total. The standard InChI is InChI=1S/C17H17FN2O/c1-2-7-21-16-3-4-17-14(9-16)5-6-20(17)12-13-8-15(18)11-19-10-13/h3-6,8-11H,2,7,12H2,1H3. The second kappa shape index (κ2) is 5.95. The van der Waals surface area contributed by atoms with Crippen molar-refractivity contribution in [3.05, 3.63) is 60.3 Å². The molecule has 108 valence electrons. The molecule has 0 aliphatic carbocycles. The molecule has 0 aliphatic heterocycles. The maximum Gasteiger partial charge on any atom is 0.141 e. The number of pyridine rings is 1. The van der Waals surface area contributed by atoms with E-state index in [1.807, 2.05) is 30.5 Å². The maximum atomic E-state index is 13.2. The van der Waals surface area contributed by atoms with Gasteiger partial charge in [-0.25, -0.2) is 4.39 Å². The third-order valence-corrected chi connectivity index (χ3v) is 3.33. The lowest BCUT2D eigenvalue weighted by molar-refractivity contribution is 0.318. The van der Waals surface area contributed by atoms with Gasteiger partial charge in [0.25, 0.3) is 0 Å². The van der Waals surface area contributed by atoms with Gasteiger partial charge in [0, 0.05) is 29.8 Å². The molecule has 2 heterocycles. The Kier molecular flexibility index (Phi) is 3.86. The van der Waals surface area contributed by atoms with Crippen molar-refractivity contribution in [2.24, 2.45) is 0 Å². The van der Waals surface area contributed by atoms with E-state index in [1.54, 1.807) is 6.20 Å². The molecule has 0 unspecified atom stereocenters. The van der Waals surface area contributed by atoms with Gasteiger partial charge in [0.1, 0.15) is 11.6 Å². The summed E-state index contributed by atoms with van der Waals surface area (Å²) in [5, 5.41) is 1.12. The summed E-state index contributed by atoms with van der Waals surface area (Å²) in [6.45, 7) is 3.41. The Morgan fingerprint density at radius 3 is 2.90 bits per heavy atom. The molecule has 0 atom stereocenters. The zero-order chi connectivity index (χ0) is 14.7. The fourth-order valence-corrected chi connectivity index (χ4v) is 2.36. The highest BCUT2D eigenvalue weighted by molar-refractivity contribution is 5.81. The predicted molar refractivity (Wildman–Crippen MR) is 81.0 cm³/mol. The first-order valence-corrected chi connectivity index (χ1v) is 7.07. The fourth-order valence-electron chi connectivity index (χ4n) is 2.36. The monoisotopic (exact) mass is 284 g/mol. The SMILES string of the molecule is CCCOc1ccc2c(ccn2Cc2cncc(F)c2)c1. The van der Waals surface area contributed by atoms with E-state index in [0.29, 0.717) is 6.54 Å². The Bertz CT molecular complexity index is 751. The maximum absolute atomic E-state index is 13.2. The van der Waals surface area contributed by atoms with Crippen LogP contribution in [0.1, 0.15) is 18.9 Å². The number of hydrogen-bond donors (Lipinski definition) is 0.